The van der Waals surface area contributed by atoms with Crippen LogP contribution in [0.1, 0.15) is 52.8 Å². The quantitative estimate of drug-likeness (QED) is 0.333. The van der Waals surface area contributed by atoms with Gasteiger partial charge in [0.25, 0.3) is 5.89 Å². The number of aromatic nitrogens is 5. The lowest BCUT2D eigenvalue weighted by atomic mass is 10.2. The van der Waals surface area contributed by atoms with Gasteiger partial charge in [0.2, 0.25) is 5.89 Å². The van der Waals surface area contributed by atoms with E-state index in [4.69, 9.17) is 4.42 Å². The predicted molar refractivity (Wildman–Crippen MR) is 117 cm³/mol. The first-order valence-electron chi connectivity index (χ1n) is 9.72. The lowest BCUT2D eigenvalue weighted by Crippen LogP contribution is -2.03. The van der Waals surface area contributed by atoms with E-state index in [1.807, 2.05) is 0 Å². The summed E-state index contributed by atoms with van der Waals surface area (Å²) in [5.74, 6) is 2.88. The number of hydrogen-bond acceptors (Lipinski definition) is 8. The second-order valence-corrected chi connectivity index (χ2v) is 10.2. The summed E-state index contributed by atoms with van der Waals surface area (Å²) in [5.41, 5.74) is 1.29. The fraction of sp³-hybridized carbons (Fsp3) is 0.400. The Kier molecular flexibility index (Phi) is 5.28. The third-order valence-electron chi connectivity index (χ3n) is 4.90. The van der Waals surface area contributed by atoms with Gasteiger partial charge in [0, 0.05) is 22.2 Å². The lowest BCUT2D eigenvalue weighted by Gasteiger charge is -2.07. The largest absolute Gasteiger partial charge is 0.419 e. The summed E-state index contributed by atoms with van der Waals surface area (Å²) in [6, 6.07) is 6.90. The third-order valence-corrected chi connectivity index (χ3v) is 8.08. The Morgan fingerprint density at radius 1 is 1.24 bits per heavy atom. The molecular weight excluding hydrogens is 422 g/mol. The van der Waals surface area contributed by atoms with Crippen molar-refractivity contribution in [1.82, 2.24) is 25.0 Å². The molecule has 4 heterocycles. The first kappa shape index (κ1) is 19.0. The summed E-state index contributed by atoms with van der Waals surface area (Å²) in [5, 5.41) is 20.5. The standard InChI is InChI=1S/C20H21N5OS3/c1-3-15-12(2)9-16(29-15)19-23-22-18(26-19)11-28-20-24-21-17(25(20)13-6-7-13)10-14-5-4-8-27-14/h4-5,8-9,13H,3,6-7,10-11H2,1-2H3. The fourth-order valence-electron chi connectivity index (χ4n) is 3.31. The van der Waals surface area contributed by atoms with Crippen LogP contribution >= 0.6 is 34.4 Å². The maximum Gasteiger partial charge on any atom is 0.257 e. The van der Waals surface area contributed by atoms with E-state index in [-0.39, 0.29) is 0 Å². The van der Waals surface area contributed by atoms with Crippen molar-refractivity contribution in [2.24, 2.45) is 0 Å². The van der Waals surface area contributed by atoms with Crippen molar-refractivity contribution in [2.75, 3.05) is 0 Å². The monoisotopic (exact) mass is 443 g/mol. The molecule has 6 nitrogen and oxygen atoms in total. The maximum atomic E-state index is 5.92. The first-order chi connectivity index (χ1) is 14.2. The van der Waals surface area contributed by atoms with Crippen LogP contribution < -0.4 is 0 Å². The Balaban J connectivity index is 1.30. The van der Waals surface area contributed by atoms with Crippen molar-refractivity contribution in [3.8, 4) is 10.8 Å². The summed E-state index contributed by atoms with van der Waals surface area (Å²) in [7, 11) is 0. The molecule has 0 saturated heterocycles. The van der Waals surface area contributed by atoms with Crippen molar-refractivity contribution < 1.29 is 4.42 Å². The van der Waals surface area contributed by atoms with Crippen molar-refractivity contribution >= 4 is 34.4 Å². The number of rotatable bonds is 8. The molecule has 9 heteroatoms. The molecule has 4 aromatic rings. The number of thioether (sulfide) groups is 1. The zero-order valence-corrected chi connectivity index (χ0v) is 18.7. The van der Waals surface area contributed by atoms with Crippen LogP contribution in [0.2, 0.25) is 0 Å². The topological polar surface area (TPSA) is 69.6 Å². The van der Waals surface area contributed by atoms with Gasteiger partial charge in [-0.05, 0) is 49.3 Å². The summed E-state index contributed by atoms with van der Waals surface area (Å²) in [4.78, 5) is 3.72. The maximum absolute atomic E-state index is 5.92. The van der Waals surface area contributed by atoms with Crippen LogP contribution in [0, 0.1) is 6.92 Å². The zero-order chi connectivity index (χ0) is 19.8. The van der Waals surface area contributed by atoms with E-state index in [9.17, 15) is 0 Å². The Hall–Kier alpha value is -1.97. The van der Waals surface area contributed by atoms with Crippen LogP contribution in [0.3, 0.4) is 0 Å². The van der Waals surface area contributed by atoms with Gasteiger partial charge in [0.05, 0.1) is 10.6 Å². The molecule has 0 aromatic carbocycles. The Bertz CT molecular complexity index is 1110. The molecule has 29 heavy (non-hydrogen) atoms. The highest BCUT2D eigenvalue weighted by Gasteiger charge is 2.30. The molecule has 4 aromatic heterocycles. The minimum Gasteiger partial charge on any atom is -0.419 e. The second kappa shape index (κ2) is 8.04. The highest BCUT2D eigenvalue weighted by Crippen LogP contribution is 2.40. The van der Waals surface area contributed by atoms with Crippen LogP contribution in [0.15, 0.2) is 33.2 Å². The Morgan fingerprint density at radius 2 is 2.14 bits per heavy atom. The number of aryl methyl sites for hydroxylation is 2. The Morgan fingerprint density at radius 3 is 2.86 bits per heavy atom. The average Bonchev–Trinajstić information content (AvgIpc) is 3.15. The fourth-order valence-corrected chi connectivity index (χ4v) is 5.91. The van der Waals surface area contributed by atoms with Gasteiger partial charge in [-0.15, -0.1) is 43.1 Å². The molecule has 0 spiro atoms. The van der Waals surface area contributed by atoms with Gasteiger partial charge in [-0.25, -0.2) is 0 Å². The van der Waals surface area contributed by atoms with E-state index in [0.29, 0.717) is 23.6 Å². The van der Waals surface area contributed by atoms with Gasteiger partial charge >= 0.3 is 0 Å². The van der Waals surface area contributed by atoms with E-state index in [2.05, 4.69) is 62.4 Å². The smallest absolute Gasteiger partial charge is 0.257 e. The SMILES string of the molecule is CCc1sc(-c2nnc(CSc3nnc(Cc4cccs4)n3C3CC3)o2)cc1C. The van der Waals surface area contributed by atoms with Crippen LogP contribution in [0.25, 0.3) is 10.8 Å². The van der Waals surface area contributed by atoms with E-state index in [1.165, 1.54) is 28.2 Å². The average molecular weight is 444 g/mol. The predicted octanol–water partition coefficient (Wildman–Crippen LogP) is 5.54. The molecule has 0 radical (unpaired) electrons. The summed E-state index contributed by atoms with van der Waals surface area (Å²) >= 11 is 5.12. The van der Waals surface area contributed by atoms with E-state index in [1.54, 1.807) is 34.4 Å². The Labute approximate surface area is 181 Å². The second-order valence-electron chi connectivity index (χ2n) is 7.12. The van der Waals surface area contributed by atoms with E-state index < -0.39 is 0 Å². The van der Waals surface area contributed by atoms with Crippen molar-refractivity contribution in [2.45, 2.75) is 56.5 Å². The lowest BCUT2D eigenvalue weighted by molar-refractivity contribution is 0.529. The molecule has 1 saturated carbocycles. The normalized spacial score (nSPS) is 14.0. The molecule has 150 valence electrons. The van der Waals surface area contributed by atoms with Gasteiger partial charge in [-0.3, -0.25) is 0 Å². The third kappa shape index (κ3) is 4.04. The molecule has 0 amide bonds. The van der Waals surface area contributed by atoms with Crippen LogP contribution in [0.4, 0.5) is 0 Å². The first-order valence-corrected chi connectivity index (χ1v) is 12.4. The number of hydrogen-bond donors (Lipinski definition) is 0. The van der Waals surface area contributed by atoms with Gasteiger partial charge < -0.3 is 8.98 Å². The van der Waals surface area contributed by atoms with Gasteiger partial charge in [0.15, 0.2) is 5.16 Å². The van der Waals surface area contributed by atoms with Gasteiger partial charge in [0.1, 0.15) is 5.82 Å². The highest BCUT2D eigenvalue weighted by atomic mass is 32.2. The molecule has 0 bridgehead atoms. The van der Waals surface area contributed by atoms with E-state index >= 15 is 0 Å². The zero-order valence-electron chi connectivity index (χ0n) is 16.3. The van der Waals surface area contributed by atoms with Crippen LogP contribution in [-0.4, -0.2) is 25.0 Å². The summed E-state index contributed by atoms with van der Waals surface area (Å²) < 4.78 is 8.23. The number of nitrogens with zero attached hydrogens (tertiary/aromatic N) is 5. The molecule has 1 aliphatic carbocycles. The summed E-state index contributed by atoms with van der Waals surface area (Å²) in [6.45, 7) is 4.30. The minimum absolute atomic E-state index is 0.530. The van der Waals surface area contributed by atoms with Crippen molar-refractivity contribution in [3.63, 3.8) is 0 Å². The van der Waals surface area contributed by atoms with Crippen molar-refractivity contribution in [3.05, 3.63) is 50.6 Å². The van der Waals surface area contributed by atoms with Gasteiger partial charge in [-0.2, -0.15) is 0 Å². The van der Waals surface area contributed by atoms with Crippen molar-refractivity contribution in [1.29, 1.82) is 0 Å². The molecule has 1 aliphatic rings. The minimum atomic E-state index is 0.530. The molecule has 0 atom stereocenters. The molecule has 1 fully saturated rings. The molecular formula is C20H21N5OS3. The molecule has 0 unspecified atom stereocenters. The molecule has 5 rings (SSSR count). The highest BCUT2D eigenvalue weighted by molar-refractivity contribution is 7.98. The molecule has 0 N–H and O–H groups in total. The molecule has 0 aliphatic heterocycles. The van der Waals surface area contributed by atoms with Gasteiger partial charge in [-0.1, -0.05) is 24.8 Å². The van der Waals surface area contributed by atoms with Crippen LogP contribution in [-0.2, 0) is 18.6 Å². The number of thiophene rings is 2. The summed E-state index contributed by atoms with van der Waals surface area (Å²) in [6.07, 6.45) is 4.26. The van der Waals surface area contributed by atoms with Crippen LogP contribution in [0.5, 0.6) is 0 Å². The van der Waals surface area contributed by atoms with E-state index in [0.717, 1.165) is 28.7 Å².